The van der Waals surface area contributed by atoms with Gasteiger partial charge in [0.05, 0.1) is 12.1 Å². The third-order valence-electron chi connectivity index (χ3n) is 3.27. The van der Waals surface area contributed by atoms with Gasteiger partial charge in [-0.1, -0.05) is 6.07 Å². The summed E-state index contributed by atoms with van der Waals surface area (Å²) in [5.74, 6) is -0.0533. The van der Waals surface area contributed by atoms with Crippen LogP contribution < -0.4 is 0 Å². The molecule has 0 fully saturated rings. The second-order valence-electron chi connectivity index (χ2n) is 5.02. The maximum Gasteiger partial charge on any atom is 0.254 e. The monoisotopic (exact) mass is 267 g/mol. The van der Waals surface area contributed by atoms with Crippen molar-refractivity contribution in [1.29, 1.82) is 0 Å². The number of hydrogen-bond acceptors (Lipinski definition) is 3. The van der Waals surface area contributed by atoms with Gasteiger partial charge in [0.1, 0.15) is 0 Å². The first kappa shape index (κ1) is 15.1. The second kappa shape index (κ2) is 5.76. The predicted octanol–water partition coefficient (Wildman–Crippen LogP) is 2.56. The lowest BCUT2D eigenvalue weighted by molar-refractivity contribution is 0.0472. The molecule has 0 heterocycles. The van der Waals surface area contributed by atoms with Crippen LogP contribution in [0.1, 0.15) is 29.8 Å². The number of aryl methyl sites for hydroxylation is 1. The number of carbonyl (C=O) groups is 1. The fourth-order valence-corrected chi connectivity index (χ4v) is 1.96. The average Bonchev–Trinajstić information content (AvgIpc) is 2.37. The number of nitrogens with zero attached hydrogens (tertiary/aromatic N) is 1. The first-order valence-corrected chi connectivity index (χ1v) is 7.09. The number of aliphatic hydroxyl groups excluding tert-OH is 1. The van der Waals surface area contributed by atoms with Gasteiger partial charge in [0.2, 0.25) is 0 Å². The Morgan fingerprint density at radius 1 is 1.44 bits per heavy atom. The van der Waals surface area contributed by atoms with E-state index in [1.54, 1.807) is 23.7 Å². The molecule has 100 valence electrons. The van der Waals surface area contributed by atoms with Gasteiger partial charge in [0.25, 0.3) is 5.91 Å². The van der Waals surface area contributed by atoms with Crippen LogP contribution in [0.3, 0.4) is 0 Å². The number of rotatable bonds is 4. The smallest absolute Gasteiger partial charge is 0.254 e. The molecular weight excluding hydrogens is 246 g/mol. The highest BCUT2D eigenvalue weighted by Gasteiger charge is 2.28. The van der Waals surface area contributed by atoms with Crippen molar-refractivity contribution < 1.29 is 9.90 Å². The minimum Gasteiger partial charge on any atom is -0.394 e. The first-order valence-electron chi connectivity index (χ1n) is 5.87. The van der Waals surface area contributed by atoms with Gasteiger partial charge < -0.3 is 10.0 Å². The van der Waals surface area contributed by atoms with Crippen molar-refractivity contribution in [2.75, 3.05) is 19.9 Å². The molecule has 1 N–H and O–H groups in total. The standard InChI is InChI=1S/C14H21NO2S/c1-10-6-7-11(18-5)8-12(10)13(17)15(4)14(2,3)9-16/h6-8,16H,9H2,1-5H3. The molecule has 0 aliphatic rings. The van der Waals surface area contributed by atoms with Crippen LogP contribution in [0.15, 0.2) is 23.1 Å². The van der Waals surface area contributed by atoms with E-state index in [1.807, 2.05) is 45.2 Å². The van der Waals surface area contributed by atoms with E-state index < -0.39 is 5.54 Å². The van der Waals surface area contributed by atoms with Crippen molar-refractivity contribution in [1.82, 2.24) is 4.90 Å². The number of amides is 1. The fraction of sp³-hybridized carbons (Fsp3) is 0.500. The van der Waals surface area contributed by atoms with Crippen LogP contribution in [0.25, 0.3) is 0 Å². The highest BCUT2D eigenvalue weighted by molar-refractivity contribution is 7.98. The predicted molar refractivity (Wildman–Crippen MR) is 76.2 cm³/mol. The fourth-order valence-electron chi connectivity index (χ4n) is 1.52. The summed E-state index contributed by atoms with van der Waals surface area (Å²) in [5, 5.41) is 9.33. The van der Waals surface area contributed by atoms with Crippen molar-refractivity contribution >= 4 is 17.7 Å². The van der Waals surface area contributed by atoms with Crippen molar-refractivity contribution in [3.8, 4) is 0 Å². The normalized spacial score (nSPS) is 11.4. The Morgan fingerprint density at radius 3 is 2.56 bits per heavy atom. The van der Waals surface area contributed by atoms with Crippen LogP contribution in [-0.4, -0.2) is 41.4 Å². The SMILES string of the molecule is CSc1ccc(C)c(C(=O)N(C)C(C)(C)CO)c1. The summed E-state index contributed by atoms with van der Waals surface area (Å²) in [6.45, 7) is 5.56. The van der Waals surface area contributed by atoms with Crippen LogP contribution in [0, 0.1) is 6.92 Å². The molecule has 0 saturated carbocycles. The summed E-state index contributed by atoms with van der Waals surface area (Å²) in [7, 11) is 1.73. The van der Waals surface area contributed by atoms with Crippen LogP contribution in [-0.2, 0) is 0 Å². The van der Waals surface area contributed by atoms with Crippen LogP contribution in [0.5, 0.6) is 0 Å². The molecule has 1 amide bonds. The first-order chi connectivity index (χ1) is 8.33. The summed E-state index contributed by atoms with van der Waals surface area (Å²) >= 11 is 1.61. The number of aliphatic hydroxyl groups is 1. The molecule has 0 aromatic heterocycles. The molecule has 0 saturated heterocycles. The Balaban J connectivity index is 3.11. The minimum absolute atomic E-state index is 0.0533. The van der Waals surface area contributed by atoms with E-state index in [2.05, 4.69) is 0 Å². The van der Waals surface area contributed by atoms with Crippen molar-refractivity contribution in [3.05, 3.63) is 29.3 Å². The molecule has 0 unspecified atom stereocenters. The lowest BCUT2D eigenvalue weighted by atomic mass is 10.0. The Kier molecular flexibility index (Phi) is 4.82. The van der Waals surface area contributed by atoms with E-state index in [0.29, 0.717) is 5.56 Å². The maximum absolute atomic E-state index is 12.4. The zero-order valence-electron chi connectivity index (χ0n) is 11.7. The van der Waals surface area contributed by atoms with E-state index in [0.717, 1.165) is 10.5 Å². The van der Waals surface area contributed by atoms with Crippen LogP contribution in [0.2, 0.25) is 0 Å². The highest BCUT2D eigenvalue weighted by Crippen LogP contribution is 2.22. The quantitative estimate of drug-likeness (QED) is 0.852. The Bertz CT molecular complexity index is 443. The molecule has 0 aliphatic heterocycles. The van der Waals surface area contributed by atoms with Gasteiger partial charge >= 0.3 is 0 Å². The molecule has 0 aliphatic carbocycles. The average molecular weight is 267 g/mol. The molecule has 3 nitrogen and oxygen atoms in total. The zero-order valence-corrected chi connectivity index (χ0v) is 12.5. The van der Waals surface area contributed by atoms with Gasteiger partial charge in [0.15, 0.2) is 0 Å². The molecule has 0 spiro atoms. The molecule has 0 bridgehead atoms. The number of likely N-dealkylation sites (N-methyl/N-ethyl adjacent to an activating group) is 1. The third-order valence-corrected chi connectivity index (χ3v) is 4.00. The number of hydrogen-bond donors (Lipinski definition) is 1. The van der Waals surface area contributed by atoms with E-state index in [9.17, 15) is 9.90 Å². The largest absolute Gasteiger partial charge is 0.394 e. The molecule has 1 aromatic carbocycles. The van der Waals surface area contributed by atoms with Gasteiger partial charge in [-0.3, -0.25) is 4.79 Å². The van der Waals surface area contributed by atoms with Crippen molar-refractivity contribution in [2.45, 2.75) is 31.2 Å². The van der Waals surface area contributed by atoms with Gasteiger partial charge in [-0.2, -0.15) is 0 Å². The summed E-state index contributed by atoms with van der Waals surface area (Å²) < 4.78 is 0. The second-order valence-corrected chi connectivity index (χ2v) is 5.90. The number of thioether (sulfide) groups is 1. The molecule has 4 heteroatoms. The van der Waals surface area contributed by atoms with E-state index >= 15 is 0 Å². The van der Waals surface area contributed by atoms with Crippen LogP contribution in [0.4, 0.5) is 0 Å². The molecular formula is C14H21NO2S. The molecule has 18 heavy (non-hydrogen) atoms. The lowest BCUT2D eigenvalue weighted by Crippen LogP contribution is -2.47. The molecule has 0 atom stereocenters. The van der Waals surface area contributed by atoms with Gasteiger partial charge in [-0.05, 0) is 44.7 Å². The van der Waals surface area contributed by atoms with E-state index in [4.69, 9.17) is 0 Å². The summed E-state index contributed by atoms with van der Waals surface area (Å²) in [4.78, 5) is 15.1. The van der Waals surface area contributed by atoms with Crippen molar-refractivity contribution in [3.63, 3.8) is 0 Å². The van der Waals surface area contributed by atoms with E-state index in [1.165, 1.54) is 0 Å². The minimum atomic E-state index is -0.557. The van der Waals surface area contributed by atoms with Gasteiger partial charge in [-0.25, -0.2) is 0 Å². The van der Waals surface area contributed by atoms with Gasteiger partial charge in [0, 0.05) is 17.5 Å². The molecule has 0 radical (unpaired) electrons. The Morgan fingerprint density at radius 2 is 2.06 bits per heavy atom. The van der Waals surface area contributed by atoms with Crippen molar-refractivity contribution in [2.24, 2.45) is 0 Å². The zero-order chi connectivity index (χ0) is 13.9. The topological polar surface area (TPSA) is 40.5 Å². The van der Waals surface area contributed by atoms with Crippen LogP contribution >= 0.6 is 11.8 Å². The van der Waals surface area contributed by atoms with Gasteiger partial charge in [-0.15, -0.1) is 11.8 Å². The third kappa shape index (κ3) is 3.06. The maximum atomic E-state index is 12.4. The number of benzene rings is 1. The number of carbonyl (C=O) groups excluding carboxylic acids is 1. The lowest BCUT2D eigenvalue weighted by Gasteiger charge is -2.34. The summed E-state index contributed by atoms with van der Waals surface area (Å²) in [5.41, 5.74) is 1.10. The Hall–Kier alpha value is -1.00. The van der Waals surface area contributed by atoms with E-state index in [-0.39, 0.29) is 12.5 Å². The molecule has 1 rings (SSSR count). The molecule has 1 aromatic rings. The highest BCUT2D eigenvalue weighted by atomic mass is 32.2. The Labute approximate surface area is 113 Å². The summed E-state index contributed by atoms with van der Waals surface area (Å²) in [6, 6.07) is 5.87. The summed E-state index contributed by atoms with van der Waals surface area (Å²) in [6.07, 6.45) is 1.99.